The topological polar surface area (TPSA) is 20.3 Å². The van der Waals surface area contributed by atoms with E-state index in [0.717, 1.165) is 30.6 Å². The van der Waals surface area contributed by atoms with Gasteiger partial charge in [-0.1, -0.05) is 60.7 Å². The van der Waals surface area contributed by atoms with Crippen LogP contribution in [-0.2, 0) is 0 Å². The summed E-state index contributed by atoms with van der Waals surface area (Å²) in [5.74, 6) is 0.413. The van der Waals surface area contributed by atoms with Crippen molar-refractivity contribution in [2.75, 3.05) is 13.1 Å². The molecule has 2 heterocycles. The molecular formula is C21H21NO. The average molecular weight is 303 g/mol. The van der Waals surface area contributed by atoms with E-state index in [0.29, 0.717) is 0 Å². The van der Waals surface area contributed by atoms with Gasteiger partial charge in [0.1, 0.15) is 0 Å². The van der Waals surface area contributed by atoms with E-state index in [-0.39, 0.29) is 11.7 Å². The van der Waals surface area contributed by atoms with Crippen molar-refractivity contribution >= 4 is 5.78 Å². The molecule has 2 aromatic carbocycles. The molecule has 1 atom stereocenters. The van der Waals surface area contributed by atoms with Gasteiger partial charge in [0.05, 0.1) is 0 Å². The number of carbonyl (C=O) groups is 1. The molecule has 116 valence electrons. The Kier molecular flexibility index (Phi) is 3.74. The Bertz CT molecular complexity index is 733. The minimum atomic E-state index is 0.206. The van der Waals surface area contributed by atoms with E-state index in [1.807, 2.05) is 36.4 Å². The standard InChI is InChI=1S/C21H21NO/c23-21(17-11-5-2-6-12-17)20-18(16-9-3-1-4-10-16)15-22-14-8-7-13-19(20)22/h1-6,9-12,18H,7-8,13-15H2. The van der Waals surface area contributed by atoms with Crippen LogP contribution in [0.4, 0.5) is 0 Å². The van der Waals surface area contributed by atoms with E-state index < -0.39 is 0 Å². The Balaban J connectivity index is 1.79. The largest absolute Gasteiger partial charge is 0.374 e. The molecule has 2 aromatic rings. The molecule has 1 unspecified atom stereocenters. The molecule has 4 rings (SSSR count). The third-order valence-corrected chi connectivity index (χ3v) is 5.02. The second kappa shape index (κ2) is 6.04. The highest BCUT2D eigenvalue weighted by Crippen LogP contribution is 2.41. The number of carbonyl (C=O) groups excluding carboxylic acids is 1. The van der Waals surface area contributed by atoms with Gasteiger partial charge in [0, 0.05) is 35.8 Å². The first-order valence-corrected chi connectivity index (χ1v) is 8.47. The summed E-state index contributed by atoms with van der Waals surface area (Å²) in [6.45, 7) is 2.04. The molecular weight excluding hydrogens is 282 g/mol. The van der Waals surface area contributed by atoms with Crippen molar-refractivity contribution in [1.82, 2.24) is 4.90 Å². The molecule has 0 amide bonds. The van der Waals surface area contributed by atoms with Crippen molar-refractivity contribution in [2.45, 2.75) is 25.2 Å². The predicted molar refractivity (Wildman–Crippen MR) is 92.4 cm³/mol. The summed E-state index contributed by atoms with van der Waals surface area (Å²) in [5.41, 5.74) is 4.39. The number of hydrogen-bond acceptors (Lipinski definition) is 2. The van der Waals surface area contributed by atoms with Crippen molar-refractivity contribution < 1.29 is 4.79 Å². The first kappa shape index (κ1) is 14.3. The minimum Gasteiger partial charge on any atom is -0.374 e. The maximum Gasteiger partial charge on any atom is 0.191 e. The molecule has 0 aromatic heterocycles. The van der Waals surface area contributed by atoms with Gasteiger partial charge in [0.15, 0.2) is 5.78 Å². The van der Waals surface area contributed by atoms with Crippen LogP contribution in [0.5, 0.6) is 0 Å². The fourth-order valence-electron chi connectivity index (χ4n) is 3.90. The molecule has 0 saturated carbocycles. The van der Waals surface area contributed by atoms with Gasteiger partial charge < -0.3 is 4.90 Å². The third kappa shape index (κ3) is 2.59. The molecule has 0 radical (unpaired) electrons. The summed E-state index contributed by atoms with van der Waals surface area (Å²) in [6.07, 6.45) is 3.47. The Labute approximate surface area is 137 Å². The molecule has 1 saturated heterocycles. The van der Waals surface area contributed by atoms with E-state index in [9.17, 15) is 4.79 Å². The smallest absolute Gasteiger partial charge is 0.191 e. The summed E-state index contributed by atoms with van der Waals surface area (Å²) in [5, 5.41) is 0. The zero-order valence-electron chi connectivity index (χ0n) is 13.2. The fraction of sp³-hybridized carbons (Fsp3) is 0.286. The average Bonchev–Trinajstić information content (AvgIpc) is 3.02. The first-order chi connectivity index (χ1) is 11.3. The maximum atomic E-state index is 13.2. The normalized spacial score (nSPS) is 20.5. The first-order valence-electron chi connectivity index (χ1n) is 8.47. The summed E-state index contributed by atoms with van der Waals surface area (Å²) in [4.78, 5) is 15.6. The van der Waals surface area contributed by atoms with Gasteiger partial charge in [-0.25, -0.2) is 0 Å². The molecule has 2 aliphatic rings. The van der Waals surface area contributed by atoms with Crippen LogP contribution in [0, 0.1) is 0 Å². The third-order valence-electron chi connectivity index (χ3n) is 5.02. The van der Waals surface area contributed by atoms with E-state index in [4.69, 9.17) is 0 Å². The number of benzene rings is 2. The van der Waals surface area contributed by atoms with Crippen LogP contribution in [0.25, 0.3) is 0 Å². The van der Waals surface area contributed by atoms with Crippen molar-refractivity contribution in [2.24, 2.45) is 0 Å². The fourth-order valence-corrected chi connectivity index (χ4v) is 3.90. The number of piperidine rings is 1. The van der Waals surface area contributed by atoms with Crippen LogP contribution in [0.3, 0.4) is 0 Å². The van der Waals surface area contributed by atoms with Gasteiger partial charge in [-0.15, -0.1) is 0 Å². The summed E-state index contributed by atoms with van der Waals surface area (Å²) >= 11 is 0. The lowest BCUT2D eigenvalue weighted by Gasteiger charge is -2.27. The molecule has 2 heteroatoms. The second-order valence-electron chi connectivity index (χ2n) is 6.42. The van der Waals surface area contributed by atoms with Crippen LogP contribution < -0.4 is 0 Å². The molecule has 0 bridgehead atoms. The van der Waals surface area contributed by atoms with Crippen LogP contribution >= 0.6 is 0 Å². The number of Topliss-reactive ketones (excluding diaryl/α,β-unsaturated/α-hetero) is 1. The Morgan fingerprint density at radius 2 is 1.61 bits per heavy atom. The quantitative estimate of drug-likeness (QED) is 0.783. The number of fused-ring (bicyclic) bond motifs is 1. The van der Waals surface area contributed by atoms with E-state index in [1.54, 1.807) is 0 Å². The lowest BCUT2D eigenvalue weighted by molar-refractivity contribution is 0.102. The van der Waals surface area contributed by atoms with Crippen LogP contribution in [0.15, 0.2) is 71.9 Å². The highest BCUT2D eigenvalue weighted by atomic mass is 16.1. The summed E-state index contributed by atoms with van der Waals surface area (Å²) < 4.78 is 0. The van der Waals surface area contributed by atoms with E-state index in [1.165, 1.54) is 24.1 Å². The lowest BCUT2D eigenvalue weighted by atomic mass is 9.87. The van der Waals surface area contributed by atoms with Gasteiger partial charge in [-0.3, -0.25) is 4.79 Å². The molecule has 0 N–H and O–H groups in total. The summed E-state index contributed by atoms with van der Waals surface area (Å²) in [7, 11) is 0. The molecule has 23 heavy (non-hydrogen) atoms. The number of hydrogen-bond donors (Lipinski definition) is 0. The summed E-state index contributed by atoms with van der Waals surface area (Å²) in [6, 6.07) is 20.2. The van der Waals surface area contributed by atoms with Gasteiger partial charge >= 0.3 is 0 Å². The Morgan fingerprint density at radius 1 is 0.913 bits per heavy atom. The van der Waals surface area contributed by atoms with Crippen molar-refractivity contribution in [3.8, 4) is 0 Å². The zero-order valence-corrected chi connectivity index (χ0v) is 13.2. The van der Waals surface area contributed by atoms with Gasteiger partial charge in [-0.05, 0) is 24.8 Å². The number of nitrogens with zero attached hydrogens (tertiary/aromatic N) is 1. The van der Waals surface area contributed by atoms with Gasteiger partial charge in [0.25, 0.3) is 0 Å². The van der Waals surface area contributed by atoms with Gasteiger partial charge in [0.2, 0.25) is 0 Å². The monoisotopic (exact) mass is 303 g/mol. The van der Waals surface area contributed by atoms with Gasteiger partial charge in [-0.2, -0.15) is 0 Å². The van der Waals surface area contributed by atoms with Crippen molar-refractivity contribution in [1.29, 1.82) is 0 Å². The molecule has 1 fully saturated rings. The van der Waals surface area contributed by atoms with E-state index in [2.05, 4.69) is 29.2 Å². The molecule has 2 aliphatic heterocycles. The lowest BCUT2D eigenvalue weighted by Crippen LogP contribution is -2.26. The number of rotatable bonds is 3. The van der Waals surface area contributed by atoms with Crippen molar-refractivity contribution in [3.05, 3.63) is 83.1 Å². The second-order valence-corrected chi connectivity index (χ2v) is 6.42. The number of allylic oxidation sites excluding steroid dienone is 1. The maximum absolute atomic E-state index is 13.2. The Hall–Kier alpha value is -2.35. The van der Waals surface area contributed by atoms with Crippen LogP contribution in [0.1, 0.15) is 41.1 Å². The Morgan fingerprint density at radius 3 is 2.35 bits per heavy atom. The van der Waals surface area contributed by atoms with E-state index >= 15 is 0 Å². The minimum absolute atomic E-state index is 0.206. The highest BCUT2D eigenvalue weighted by molar-refractivity contribution is 6.10. The predicted octanol–water partition coefficient (Wildman–Crippen LogP) is 4.41. The highest BCUT2D eigenvalue weighted by Gasteiger charge is 2.37. The van der Waals surface area contributed by atoms with Crippen LogP contribution in [-0.4, -0.2) is 23.8 Å². The SMILES string of the molecule is O=C(C1=C2CCCCN2CC1c1ccccc1)c1ccccc1. The van der Waals surface area contributed by atoms with Crippen molar-refractivity contribution in [3.63, 3.8) is 0 Å². The molecule has 2 nitrogen and oxygen atoms in total. The number of ketones is 1. The van der Waals surface area contributed by atoms with Crippen LogP contribution in [0.2, 0.25) is 0 Å². The molecule has 0 spiro atoms. The zero-order chi connectivity index (χ0) is 15.6. The molecule has 0 aliphatic carbocycles.